The second-order valence-electron chi connectivity index (χ2n) is 19.5. The standard InChI is InChI=1S/C50H59N17O7/c1-5-66-38(17-27(3)59-66)47(70)55-49-53-36-19-30(44(51)68)21-40-42(36)64(49)15-7-8-16-65-43-37(54-50(65)56-48(71)39-18-28(4)60-67(39)6-2)20-31(46(69)52-32-11-9-29(10-12-32)45-57-61-62-58-45)22-41(43)73-26-33(25-72-40)63-23-34-13-14-35(24-63)74-34/h7-8,17-22,29,32-35H,5-6,9-16,23-26H2,1-4H3,(H2,51,68)(H,52,69)(H,53,55,70)(H,54,56,71)(H,57,58,61,62)/b8-7+. The summed E-state index contributed by atoms with van der Waals surface area (Å²) in [5.41, 5.74) is 10.4. The third kappa shape index (κ3) is 9.56. The van der Waals surface area contributed by atoms with Gasteiger partial charge >= 0.3 is 0 Å². The average Bonchev–Trinajstić information content (AvgIpc) is 4.27. The van der Waals surface area contributed by atoms with E-state index in [1.807, 2.05) is 49.0 Å². The van der Waals surface area contributed by atoms with Crippen LogP contribution in [0, 0.1) is 13.8 Å². The van der Waals surface area contributed by atoms with E-state index in [0.29, 0.717) is 93.9 Å². The number of nitrogens with zero attached hydrogens (tertiary/aromatic N) is 12. The van der Waals surface area contributed by atoms with Gasteiger partial charge in [0.1, 0.15) is 47.1 Å². The lowest BCUT2D eigenvalue weighted by Gasteiger charge is -2.37. The topological polar surface area (TPSA) is 287 Å². The number of carbonyl (C=O) groups excluding carboxylic acids is 4. The van der Waals surface area contributed by atoms with Crippen LogP contribution < -0.4 is 31.2 Å². The molecule has 3 atom stereocenters. The first-order valence-corrected chi connectivity index (χ1v) is 25.3. The van der Waals surface area contributed by atoms with Gasteiger partial charge in [0.25, 0.3) is 17.7 Å². The highest BCUT2D eigenvalue weighted by molar-refractivity contribution is 6.05. The molecule has 1 saturated carbocycles. The Bertz CT molecular complexity index is 3290. The molecule has 3 unspecified atom stereocenters. The number of nitrogens with one attached hydrogen (secondary N) is 4. The van der Waals surface area contributed by atoms with Crippen molar-refractivity contribution >= 4 is 57.6 Å². The molecule has 4 amide bonds. The summed E-state index contributed by atoms with van der Waals surface area (Å²) in [4.78, 5) is 67.7. The van der Waals surface area contributed by atoms with E-state index < -0.39 is 17.7 Å². The minimum absolute atomic E-state index is 0.0307. The Kier molecular flexibility index (Phi) is 13.1. The van der Waals surface area contributed by atoms with Gasteiger partial charge in [0.15, 0.2) is 5.82 Å². The number of fused-ring (bicyclic) bond motifs is 2. The predicted molar refractivity (Wildman–Crippen MR) is 269 cm³/mol. The number of ether oxygens (including phenoxy) is 3. The predicted octanol–water partition coefficient (Wildman–Crippen LogP) is 4.27. The molecule has 8 heterocycles. The third-order valence-electron chi connectivity index (χ3n) is 14.5. The van der Waals surface area contributed by atoms with Gasteiger partial charge in [-0.05, 0) is 103 Å². The van der Waals surface area contributed by atoms with Crippen molar-refractivity contribution in [1.29, 1.82) is 0 Å². The van der Waals surface area contributed by atoms with E-state index in [1.54, 1.807) is 45.8 Å². The van der Waals surface area contributed by atoms with Gasteiger partial charge in [-0.25, -0.2) is 9.97 Å². The van der Waals surface area contributed by atoms with Crippen LogP contribution in [0.1, 0.15) is 117 Å². The van der Waals surface area contributed by atoms with Crippen molar-refractivity contribution in [3.63, 3.8) is 0 Å². The summed E-state index contributed by atoms with van der Waals surface area (Å²) >= 11 is 0. The maximum absolute atomic E-state index is 14.4. The van der Waals surface area contributed by atoms with Crippen molar-refractivity contribution in [2.75, 3.05) is 36.9 Å². The first kappa shape index (κ1) is 48.3. The van der Waals surface area contributed by atoms with Crippen LogP contribution in [0.3, 0.4) is 0 Å². The normalized spacial score (nSPS) is 21.6. The highest BCUT2D eigenvalue weighted by atomic mass is 16.5. The van der Waals surface area contributed by atoms with Crippen LogP contribution in [0.2, 0.25) is 0 Å². The number of aromatic amines is 1. The van der Waals surface area contributed by atoms with Crippen molar-refractivity contribution in [3.05, 3.63) is 88.3 Å². The molecule has 2 saturated heterocycles. The van der Waals surface area contributed by atoms with Crippen molar-refractivity contribution in [3.8, 4) is 11.5 Å². The van der Waals surface area contributed by atoms with Gasteiger partial charge in [0, 0.05) is 62.4 Å². The van der Waals surface area contributed by atoms with Crippen LogP contribution in [-0.2, 0) is 30.9 Å². The molecule has 24 heteroatoms. The number of amides is 4. The largest absolute Gasteiger partial charge is 0.490 e. The number of likely N-dealkylation sites (tertiary alicyclic amines) is 1. The van der Waals surface area contributed by atoms with Crippen LogP contribution in [0.25, 0.3) is 22.1 Å². The van der Waals surface area contributed by atoms with E-state index in [9.17, 15) is 19.2 Å². The maximum atomic E-state index is 14.4. The molecule has 0 radical (unpaired) electrons. The van der Waals surface area contributed by atoms with E-state index in [2.05, 4.69) is 51.7 Å². The molecule has 6 N–H and O–H groups in total. The minimum Gasteiger partial charge on any atom is -0.490 e. The molecule has 7 aromatic rings. The summed E-state index contributed by atoms with van der Waals surface area (Å²) in [6, 6.07) is 9.62. The fourth-order valence-corrected chi connectivity index (χ4v) is 10.8. The number of allylic oxidation sites excluding steroid dienone is 2. The van der Waals surface area contributed by atoms with Gasteiger partial charge in [-0.15, -0.1) is 10.2 Å². The first-order chi connectivity index (χ1) is 35.9. The van der Waals surface area contributed by atoms with E-state index >= 15 is 0 Å². The number of aromatic nitrogens is 12. The second-order valence-corrected chi connectivity index (χ2v) is 19.5. The molecule has 2 aromatic carbocycles. The fourth-order valence-electron chi connectivity index (χ4n) is 10.8. The number of imidazole rings is 2. The summed E-state index contributed by atoms with van der Waals surface area (Å²) in [5, 5.41) is 32.9. The summed E-state index contributed by atoms with van der Waals surface area (Å²) in [5.74, 6) is 0.164. The monoisotopic (exact) mass is 1010 g/mol. The molecular formula is C50H59N17O7. The zero-order chi connectivity index (χ0) is 51.2. The molecule has 2 bridgehead atoms. The number of morpholine rings is 1. The molecule has 1 aliphatic carbocycles. The number of tetrazole rings is 1. The molecule has 5 aromatic heterocycles. The molecule has 74 heavy (non-hydrogen) atoms. The number of carbonyl (C=O) groups is 4. The number of hydrogen-bond donors (Lipinski definition) is 5. The zero-order valence-electron chi connectivity index (χ0n) is 41.7. The smallest absolute Gasteiger partial charge is 0.276 e. The molecular weight excluding hydrogens is 951 g/mol. The Morgan fingerprint density at radius 2 is 1.24 bits per heavy atom. The number of nitrogens with two attached hydrogens (primary N) is 1. The molecule has 3 fully saturated rings. The SMILES string of the molecule is CCn1nc(C)cc1C(=O)Nc1nc2cc(C(N)=O)cc3c2n1C/C=C/Cn1c(NC(=O)c2cc(C)nn2CC)nc2cc(C(=O)NC4CCC(c5nn[nH]n5)CC4)cc(c21)OCC(N1CC2CCC(C1)O2)CO3. The molecule has 24 nitrogen and oxygen atoms in total. The quantitative estimate of drug-likeness (QED) is 0.113. The van der Waals surface area contributed by atoms with Gasteiger partial charge in [-0.3, -0.25) is 44.1 Å². The number of primary amides is 1. The Morgan fingerprint density at radius 1 is 0.703 bits per heavy atom. The van der Waals surface area contributed by atoms with Gasteiger partial charge in [0.2, 0.25) is 17.8 Å². The zero-order valence-corrected chi connectivity index (χ0v) is 41.7. The van der Waals surface area contributed by atoms with Crippen molar-refractivity contribution in [1.82, 2.24) is 69.5 Å². The average molecular weight is 1010 g/mol. The Morgan fingerprint density at radius 3 is 1.76 bits per heavy atom. The van der Waals surface area contributed by atoms with E-state index in [1.165, 1.54) is 0 Å². The number of benzene rings is 2. The van der Waals surface area contributed by atoms with E-state index in [-0.39, 0.29) is 79.9 Å². The Labute approximate surface area is 424 Å². The van der Waals surface area contributed by atoms with E-state index in [0.717, 1.165) is 38.5 Å². The summed E-state index contributed by atoms with van der Waals surface area (Å²) in [6.45, 7) is 10.2. The Balaban J connectivity index is 1.01. The highest BCUT2D eigenvalue weighted by Gasteiger charge is 2.38. The molecule has 0 spiro atoms. The van der Waals surface area contributed by atoms with Gasteiger partial charge in [-0.2, -0.15) is 15.4 Å². The molecule has 11 rings (SSSR count). The van der Waals surface area contributed by atoms with Crippen LogP contribution in [0.5, 0.6) is 11.5 Å². The summed E-state index contributed by atoms with van der Waals surface area (Å²) < 4.78 is 27.0. The highest BCUT2D eigenvalue weighted by Crippen LogP contribution is 2.36. The molecule has 386 valence electrons. The van der Waals surface area contributed by atoms with Crippen molar-refractivity contribution in [2.45, 2.75) is 123 Å². The van der Waals surface area contributed by atoms with Crippen LogP contribution >= 0.6 is 0 Å². The number of hydrogen-bond acceptors (Lipinski definition) is 15. The number of H-pyrrole nitrogens is 1. The minimum atomic E-state index is -0.674. The number of anilines is 2. The van der Waals surface area contributed by atoms with Crippen LogP contribution in [-0.4, -0.2) is 138 Å². The third-order valence-corrected chi connectivity index (χ3v) is 14.5. The Hall–Kier alpha value is -7.99. The van der Waals surface area contributed by atoms with Crippen molar-refractivity contribution in [2.24, 2.45) is 5.73 Å². The van der Waals surface area contributed by atoms with E-state index in [4.69, 9.17) is 29.9 Å². The van der Waals surface area contributed by atoms with Gasteiger partial charge in [0.05, 0.1) is 40.7 Å². The van der Waals surface area contributed by atoms with Crippen LogP contribution in [0.4, 0.5) is 11.9 Å². The molecule has 4 aliphatic rings. The maximum Gasteiger partial charge on any atom is 0.276 e. The molecule has 3 aliphatic heterocycles. The van der Waals surface area contributed by atoms with Gasteiger partial charge < -0.3 is 34.4 Å². The lowest BCUT2D eigenvalue weighted by Crippen LogP contribution is -2.52. The lowest BCUT2D eigenvalue weighted by atomic mass is 9.85. The summed E-state index contributed by atoms with van der Waals surface area (Å²) in [7, 11) is 0. The second kappa shape index (κ2) is 20.1. The number of rotatable bonds is 11. The summed E-state index contributed by atoms with van der Waals surface area (Å²) in [6.07, 6.45) is 8.78. The fraction of sp³-hybridized carbons (Fsp3) is 0.460. The van der Waals surface area contributed by atoms with Crippen LogP contribution in [0.15, 0.2) is 48.6 Å². The first-order valence-electron chi connectivity index (χ1n) is 25.3. The van der Waals surface area contributed by atoms with Gasteiger partial charge in [-0.1, -0.05) is 17.4 Å². The number of aryl methyl sites for hydroxylation is 4. The van der Waals surface area contributed by atoms with Crippen molar-refractivity contribution < 1.29 is 33.4 Å². The lowest BCUT2D eigenvalue weighted by molar-refractivity contribution is -0.0639.